The van der Waals surface area contributed by atoms with Crippen molar-refractivity contribution in [1.82, 2.24) is 29.8 Å². The number of aromatic nitrogens is 5. The van der Waals surface area contributed by atoms with E-state index in [9.17, 15) is 9.59 Å². The smallest absolute Gasteiger partial charge is 0.325 e. The van der Waals surface area contributed by atoms with Crippen LogP contribution in [0.15, 0.2) is 41.3 Å². The van der Waals surface area contributed by atoms with E-state index >= 15 is 0 Å². The molecule has 8 nitrogen and oxygen atoms in total. The molecule has 130 valence electrons. The van der Waals surface area contributed by atoms with Gasteiger partial charge in [-0.1, -0.05) is 12.1 Å². The summed E-state index contributed by atoms with van der Waals surface area (Å²) >= 11 is 0. The van der Waals surface area contributed by atoms with Crippen molar-refractivity contribution in [3.8, 4) is 0 Å². The fourth-order valence-corrected chi connectivity index (χ4v) is 3.27. The van der Waals surface area contributed by atoms with Crippen LogP contribution >= 0.6 is 0 Å². The van der Waals surface area contributed by atoms with Crippen molar-refractivity contribution >= 4 is 28.1 Å². The first-order valence-corrected chi connectivity index (χ1v) is 8.51. The second-order valence-corrected chi connectivity index (χ2v) is 6.50. The van der Waals surface area contributed by atoms with E-state index in [0.29, 0.717) is 29.3 Å². The van der Waals surface area contributed by atoms with E-state index in [4.69, 9.17) is 0 Å². The van der Waals surface area contributed by atoms with Gasteiger partial charge in [0.05, 0.1) is 28.7 Å². The molecule has 1 fully saturated rings. The number of aromatic amines is 2. The summed E-state index contributed by atoms with van der Waals surface area (Å²) in [5, 5.41) is 2.91. The van der Waals surface area contributed by atoms with Gasteiger partial charge in [0.25, 0.3) is 5.91 Å². The van der Waals surface area contributed by atoms with Crippen LogP contribution in [0.5, 0.6) is 0 Å². The Morgan fingerprint density at radius 2 is 2.12 bits per heavy atom. The van der Waals surface area contributed by atoms with E-state index in [0.717, 1.165) is 29.7 Å². The van der Waals surface area contributed by atoms with Crippen molar-refractivity contribution in [3.05, 3.63) is 58.4 Å². The number of carbonyl (C=O) groups is 1. The molecule has 0 atom stereocenters. The van der Waals surface area contributed by atoms with E-state index in [1.807, 2.05) is 18.2 Å². The highest BCUT2D eigenvalue weighted by molar-refractivity contribution is 5.96. The van der Waals surface area contributed by atoms with Gasteiger partial charge >= 0.3 is 5.69 Å². The Morgan fingerprint density at radius 3 is 2.96 bits per heavy atom. The van der Waals surface area contributed by atoms with Crippen LogP contribution in [0.1, 0.15) is 35.1 Å². The van der Waals surface area contributed by atoms with Gasteiger partial charge in [0.1, 0.15) is 5.82 Å². The Balaban J connectivity index is 1.41. The Kier molecular flexibility index (Phi) is 3.18. The first kappa shape index (κ1) is 14.9. The monoisotopic (exact) mass is 348 g/mol. The highest BCUT2D eigenvalue weighted by atomic mass is 16.2. The summed E-state index contributed by atoms with van der Waals surface area (Å²) in [6.07, 6.45) is 3.73. The molecule has 0 bridgehead atoms. The lowest BCUT2D eigenvalue weighted by Gasteiger charge is -2.09. The third kappa shape index (κ3) is 2.46. The number of imidazole rings is 2. The van der Waals surface area contributed by atoms with Crippen LogP contribution in [0.3, 0.4) is 0 Å². The van der Waals surface area contributed by atoms with Crippen LogP contribution < -0.4 is 11.0 Å². The van der Waals surface area contributed by atoms with Gasteiger partial charge in [-0.05, 0) is 31.0 Å². The molecule has 1 amide bonds. The molecular weight excluding hydrogens is 332 g/mol. The van der Waals surface area contributed by atoms with E-state index in [2.05, 4.69) is 35.9 Å². The molecule has 4 aromatic rings. The fraction of sp³-hybridized carbons (Fsp3) is 0.222. The molecule has 3 heterocycles. The lowest BCUT2D eigenvalue weighted by molar-refractivity contribution is 0.0949. The predicted octanol–water partition coefficient (Wildman–Crippen LogP) is 1.87. The number of hydrogen-bond donors (Lipinski definition) is 3. The molecule has 1 aliphatic carbocycles. The molecule has 0 aliphatic heterocycles. The van der Waals surface area contributed by atoms with Crippen molar-refractivity contribution < 1.29 is 4.79 Å². The largest absolute Gasteiger partial charge is 0.345 e. The number of para-hydroxylation sites is 2. The summed E-state index contributed by atoms with van der Waals surface area (Å²) in [7, 11) is 0. The van der Waals surface area contributed by atoms with Gasteiger partial charge in [0, 0.05) is 12.2 Å². The van der Waals surface area contributed by atoms with Crippen LogP contribution in [-0.2, 0) is 6.54 Å². The molecule has 1 saturated carbocycles. The van der Waals surface area contributed by atoms with E-state index in [-0.39, 0.29) is 11.6 Å². The molecule has 0 spiro atoms. The number of fused-ring (bicyclic) bond motifs is 2. The topological polar surface area (TPSA) is 108 Å². The molecule has 5 rings (SSSR count). The quantitative estimate of drug-likeness (QED) is 0.523. The maximum atomic E-state index is 12.5. The Morgan fingerprint density at radius 1 is 1.27 bits per heavy atom. The fourth-order valence-electron chi connectivity index (χ4n) is 3.27. The summed E-state index contributed by atoms with van der Waals surface area (Å²) in [5.74, 6) is 0.599. The molecule has 3 N–H and O–H groups in total. The average molecular weight is 348 g/mol. The average Bonchev–Trinajstić information content (AvgIpc) is 3.30. The van der Waals surface area contributed by atoms with Gasteiger partial charge in [-0.2, -0.15) is 0 Å². The summed E-state index contributed by atoms with van der Waals surface area (Å²) in [6.45, 7) is 0.339. The molecular formula is C18H16N6O2. The number of pyridine rings is 1. The lowest BCUT2D eigenvalue weighted by Crippen LogP contribution is -2.24. The Bertz CT molecular complexity index is 1200. The summed E-state index contributed by atoms with van der Waals surface area (Å²) in [6, 6.07) is 10.1. The number of amides is 1. The molecule has 1 aliphatic rings. The standard InChI is InChI=1S/C18H16N6O2/c25-17(10-7-13-16(19-8-10)23-18(26)22-13)20-9-15-21-12-3-1-2-4-14(12)24(15)11-5-6-11/h1-4,7-8,11H,5-6,9H2,(H,20,25)(H2,19,22,23,26). The van der Waals surface area contributed by atoms with Gasteiger partial charge in [-0.15, -0.1) is 0 Å². The molecule has 1 aromatic carbocycles. The number of benzene rings is 1. The summed E-state index contributed by atoms with van der Waals surface area (Å²) in [5.41, 5.74) is 3.03. The van der Waals surface area contributed by atoms with Gasteiger partial charge < -0.3 is 14.9 Å². The number of carbonyl (C=O) groups excluding carboxylic acids is 1. The van der Waals surface area contributed by atoms with E-state index in [1.54, 1.807) is 6.07 Å². The lowest BCUT2D eigenvalue weighted by atomic mass is 10.2. The maximum Gasteiger partial charge on any atom is 0.325 e. The third-order valence-electron chi connectivity index (χ3n) is 4.62. The zero-order chi connectivity index (χ0) is 17.7. The van der Waals surface area contributed by atoms with Gasteiger partial charge in [0.2, 0.25) is 0 Å². The number of rotatable bonds is 4. The van der Waals surface area contributed by atoms with Crippen molar-refractivity contribution in [3.63, 3.8) is 0 Å². The van der Waals surface area contributed by atoms with Crippen LogP contribution in [0.25, 0.3) is 22.2 Å². The second-order valence-electron chi connectivity index (χ2n) is 6.50. The van der Waals surface area contributed by atoms with Gasteiger partial charge in [-0.25, -0.2) is 14.8 Å². The summed E-state index contributed by atoms with van der Waals surface area (Å²) < 4.78 is 2.22. The first-order chi connectivity index (χ1) is 12.7. The van der Waals surface area contributed by atoms with Crippen molar-refractivity contribution in [2.75, 3.05) is 0 Å². The van der Waals surface area contributed by atoms with Gasteiger partial charge in [0.15, 0.2) is 5.65 Å². The molecule has 0 unspecified atom stereocenters. The maximum absolute atomic E-state index is 12.5. The Hall–Kier alpha value is -3.42. The zero-order valence-corrected chi connectivity index (χ0v) is 13.8. The highest BCUT2D eigenvalue weighted by Gasteiger charge is 2.28. The van der Waals surface area contributed by atoms with Crippen LogP contribution in [0, 0.1) is 0 Å². The number of hydrogen-bond acceptors (Lipinski definition) is 4. The minimum Gasteiger partial charge on any atom is -0.345 e. The summed E-state index contributed by atoms with van der Waals surface area (Å²) in [4.78, 5) is 37.7. The third-order valence-corrected chi connectivity index (χ3v) is 4.62. The van der Waals surface area contributed by atoms with Crippen molar-refractivity contribution in [2.45, 2.75) is 25.4 Å². The molecule has 26 heavy (non-hydrogen) atoms. The van der Waals surface area contributed by atoms with Crippen LogP contribution in [-0.4, -0.2) is 30.4 Å². The van der Waals surface area contributed by atoms with E-state index in [1.165, 1.54) is 6.20 Å². The van der Waals surface area contributed by atoms with E-state index < -0.39 is 0 Å². The highest BCUT2D eigenvalue weighted by Crippen LogP contribution is 2.38. The minimum absolute atomic E-state index is 0.254. The normalized spacial score (nSPS) is 14.2. The van der Waals surface area contributed by atoms with Crippen LogP contribution in [0.2, 0.25) is 0 Å². The molecule has 0 saturated heterocycles. The number of nitrogens with zero attached hydrogens (tertiary/aromatic N) is 3. The van der Waals surface area contributed by atoms with Crippen molar-refractivity contribution in [1.29, 1.82) is 0 Å². The molecule has 8 heteroatoms. The number of H-pyrrole nitrogens is 2. The first-order valence-electron chi connectivity index (χ1n) is 8.51. The predicted molar refractivity (Wildman–Crippen MR) is 95.9 cm³/mol. The molecule has 3 aromatic heterocycles. The minimum atomic E-state index is -0.344. The number of nitrogens with one attached hydrogen (secondary N) is 3. The Labute approximate surface area is 147 Å². The van der Waals surface area contributed by atoms with Gasteiger partial charge in [-0.3, -0.25) is 9.78 Å². The van der Waals surface area contributed by atoms with Crippen molar-refractivity contribution in [2.24, 2.45) is 0 Å². The zero-order valence-electron chi connectivity index (χ0n) is 13.8. The molecule has 0 radical (unpaired) electrons. The van der Waals surface area contributed by atoms with Crippen LogP contribution in [0.4, 0.5) is 0 Å². The SMILES string of the molecule is O=C(NCc1nc2ccccc2n1C1CC1)c1cnc2[nH]c(=O)[nH]c2c1. The second kappa shape index (κ2) is 5.55.